The van der Waals surface area contributed by atoms with Gasteiger partial charge in [-0.1, -0.05) is 29.8 Å². The molecule has 1 aliphatic heterocycles. The van der Waals surface area contributed by atoms with E-state index in [1.54, 1.807) is 6.92 Å². The molecular weight excluding hydrogens is 278 g/mol. The molecule has 1 N–H and O–H groups in total. The van der Waals surface area contributed by atoms with Crippen molar-refractivity contribution in [1.82, 2.24) is 15.1 Å². The van der Waals surface area contributed by atoms with Gasteiger partial charge in [-0.3, -0.25) is 14.6 Å². The van der Waals surface area contributed by atoms with Crippen LogP contribution in [0.25, 0.3) is 0 Å². The summed E-state index contributed by atoms with van der Waals surface area (Å²) in [6.45, 7) is 3.31. The third kappa shape index (κ3) is 3.11. The van der Waals surface area contributed by atoms with Crippen LogP contribution in [-0.4, -0.2) is 47.9 Å². The van der Waals surface area contributed by atoms with Crippen LogP contribution in [0.3, 0.4) is 0 Å². The first-order valence-corrected chi connectivity index (χ1v) is 6.91. The van der Waals surface area contributed by atoms with E-state index in [1.807, 2.05) is 36.2 Å². The summed E-state index contributed by atoms with van der Waals surface area (Å²) < 4.78 is 0. The molecule has 108 valence electrons. The van der Waals surface area contributed by atoms with Gasteiger partial charge in [0.05, 0.1) is 6.04 Å². The average molecular weight is 296 g/mol. The zero-order valence-corrected chi connectivity index (χ0v) is 12.4. The highest BCUT2D eigenvalue weighted by atomic mass is 35.5. The molecule has 2 rings (SSSR count). The average Bonchev–Trinajstić information content (AvgIpc) is 2.86. The van der Waals surface area contributed by atoms with Gasteiger partial charge in [-0.05, 0) is 25.6 Å². The molecule has 1 aliphatic rings. The number of benzene rings is 1. The third-order valence-corrected chi connectivity index (χ3v) is 3.89. The Morgan fingerprint density at radius 1 is 1.50 bits per heavy atom. The molecule has 0 aliphatic carbocycles. The molecule has 0 bridgehead atoms. The number of carbonyl (C=O) groups is 2. The number of rotatable bonds is 4. The van der Waals surface area contributed by atoms with E-state index in [0.29, 0.717) is 24.7 Å². The van der Waals surface area contributed by atoms with E-state index in [1.165, 1.54) is 4.90 Å². The maximum atomic E-state index is 12.3. The number of likely N-dealkylation sites (N-methyl/N-ethyl adjacent to an activating group) is 1. The molecule has 6 heteroatoms. The first-order valence-electron chi connectivity index (χ1n) is 6.53. The van der Waals surface area contributed by atoms with E-state index in [9.17, 15) is 9.59 Å². The molecule has 1 fully saturated rings. The molecule has 0 aromatic heterocycles. The van der Waals surface area contributed by atoms with E-state index in [-0.39, 0.29) is 18.0 Å². The number of hydrogen-bond acceptors (Lipinski definition) is 3. The van der Waals surface area contributed by atoms with Gasteiger partial charge in [-0.2, -0.15) is 0 Å². The molecule has 0 unspecified atom stereocenters. The maximum absolute atomic E-state index is 12.3. The molecule has 1 saturated heterocycles. The van der Waals surface area contributed by atoms with Crippen molar-refractivity contribution in [3.63, 3.8) is 0 Å². The predicted molar refractivity (Wildman–Crippen MR) is 77.5 cm³/mol. The van der Waals surface area contributed by atoms with Crippen molar-refractivity contribution in [2.24, 2.45) is 0 Å². The molecule has 1 aromatic rings. The largest absolute Gasteiger partial charge is 0.336 e. The first kappa shape index (κ1) is 14.8. The van der Waals surface area contributed by atoms with Crippen LogP contribution in [-0.2, 0) is 11.3 Å². The molecule has 1 aromatic carbocycles. The van der Waals surface area contributed by atoms with Crippen LogP contribution >= 0.6 is 11.6 Å². The van der Waals surface area contributed by atoms with E-state index >= 15 is 0 Å². The molecular formula is C14H18ClN3O2. The minimum absolute atomic E-state index is 0.186. The Morgan fingerprint density at radius 3 is 2.80 bits per heavy atom. The van der Waals surface area contributed by atoms with Gasteiger partial charge in [-0.15, -0.1) is 0 Å². The highest BCUT2D eigenvalue weighted by Crippen LogP contribution is 2.18. The van der Waals surface area contributed by atoms with Gasteiger partial charge >= 0.3 is 6.03 Å². The van der Waals surface area contributed by atoms with Gasteiger partial charge in [0.25, 0.3) is 0 Å². The fourth-order valence-corrected chi connectivity index (χ4v) is 2.32. The van der Waals surface area contributed by atoms with Crippen molar-refractivity contribution < 1.29 is 9.59 Å². The van der Waals surface area contributed by atoms with E-state index < -0.39 is 0 Å². The van der Waals surface area contributed by atoms with Crippen molar-refractivity contribution in [2.75, 3.05) is 20.1 Å². The number of hydrogen-bond donors (Lipinski definition) is 1. The Morgan fingerprint density at radius 2 is 2.20 bits per heavy atom. The van der Waals surface area contributed by atoms with Crippen LogP contribution in [0.1, 0.15) is 12.5 Å². The Labute approximate surface area is 123 Å². The standard InChI is InChI=1S/C14H18ClN3O2/c1-10(13(19)18-8-7-16-14(18)20)17(2)9-11-5-3-4-6-12(11)15/h3-6,10H,7-9H2,1-2H3,(H,16,20)/t10-/m0/s1. The van der Waals surface area contributed by atoms with E-state index in [2.05, 4.69) is 5.32 Å². The summed E-state index contributed by atoms with van der Waals surface area (Å²) in [6, 6.07) is 6.84. The molecule has 1 atom stereocenters. The molecule has 1 heterocycles. The quantitative estimate of drug-likeness (QED) is 0.920. The smallest absolute Gasteiger partial charge is 0.324 e. The molecule has 3 amide bonds. The second kappa shape index (κ2) is 6.24. The number of nitrogens with one attached hydrogen (secondary N) is 1. The molecule has 0 spiro atoms. The van der Waals surface area contributed by atoms with Crippen molar-refractivity contribution in [2.45, 2.75) is 19.5 Å². The summed E-state index contributed by atoms with van der Waals surface area (Å²) in [7, 11) is 1.85. The highest BCUT2D eigenvalue weighted by Gasteiger charge is 2.31. The second-order valence-electron chi connectivity index (χ2n) is 4.90. The zero-order valence-electron chi connectivity index (χ0n) is 11.6. The Hall–Kier alpha value is -1.59. The van der Waals surface area contributed by atoms with Crippen LogP contribution in [0.15, 0.2) is 24.3 Å². The predicted octanol–water partition coefficient (Wildman–Crippen LogP) is 1.71. The number of imide groups is 1. The summed E-state index contributed by atoms with van der Waals surface area (Å²) in [4.78, 5) is 26.9. The normalized spacial score (nSPS) is 16.4. The lowest BCUT2D eigenvalue weighted by molar-refractivity contribution is -0.132. The van der Waals surface area contributed by atoms with Crippen LogP contribution in [0.4, 0.5) is 4.79 Å². The first-order chi connectivity index (χ1) is 9.50. The van der Waals surface area contributed by atoms with Gasteiger partial charge in [-0.25, -0.2) is 4.79 Å². The van der Waals surface area contributed by atoms with Gasteiger partial charge < -0.3 is 5.32 Å². The fraction of sp³-hybridized carbons (Fsp3) is 0.429. The van der Waals surface area contributed by atoms with E-state index in [4.69, 9.17) is 11.6 Å². The minimum Gasteiger partial charge on any atom is -0.336 e. The SMILES string of the molecule is C[C@@H](C(=O)N1CCNC1=O)N(C)Cc1ccccc1Cl. The summed E-state index contributed by atoms with van der Waals surface area (Å²) in [6.07, 6.45) is 0. The van der Waals surface area contributed by atoms with Crippen molar-refractivity contribution >= 4 is 23.5 Å². The number of halogens is 1. The van der Waals surface area contributed by atoms with Crippen molar-refractivity contribution in [3.8, 4) is 0 Å². The minimum atomic E-state index is -0.380. The molecule has 20 heavy (non-hydrogen) atoms. The summed E-state index contributed by atoms with van der Waals surface area (Å²) in [5, 5.41) is 3.31. The van der Waals surface area contributed by atoms with Crippen LogP contribution < -0.4 is 5.32 Å². The zero-order chi connectivity index (χ0) is 14.7. The number of urea groups is 1. The van der Waals surface area contributed by atoms with Crippen LogP contribution in [0, 0.1) is 0 Å². The topological polar surface area (TPSA) is 52.7 Å². The number of nitrogens with zero attached hydrogens (tertiary/aromatic N) is 2. The molecule has 0 saturated carbocycles. The lowest BCUT2D eigenvalue weighted by Gasteiger charge is -2.26. The van der Waals surface area contributed by atoms with Gasteiger partial charge in [0, 0.05) is 24.7 Å². The summed E-state index contributed by atoms with van der Waals surface area (Å²) in [5.74, 6) is -0.186. The Kier molecular flexibility index (Phi) is 4.62. The van der Waals surface area contributed by atoms with Crippen molar-refractivity contribution in [3.05, 3.63) is 34.9 Å². The highest BCUT2D eigenvalue weighted by molar-refractivity contribution is 6.31. The lowest BCUT2D eigenvalue weighted by atomic mass is 10.2. The summed E-state index contributed by atoms with van der Waals surface area (Å²) >= 11 is 6.12. The molecule has 0 radical (unpaired) electrons. The second-order valence-corrected chi connectivity index (χ2v) is 5.31. The fourth-order valence-electron chi connectivity index (χ4n) is 2.13. The van der Waals surface area contributed by atoms with Crippen molar-refractivity contribution in [1.29, 1.82) is 0 Å². The molecule has 5 nitrogen and oxygen atoms in total. The Bertz CT molecular complexity index is 521. The van der Waals surface area contributed by atoms with E-state index in [0.717, 1.165) is 5.56 Å². The number of amides is 3. The number of carbonyl (C=O) groups excluding carboxylic acids is 2. The van der Waals surface area contributed by atoms with Crippen LogP contribution in [0.2, 0.25) is 5.02 Å². The monoisotopic (exact) mass is 295 g/mol. The summed E-state index contributed by atoms with van der Waals surface area (Å²) in [5.41, 5.74) is 0.960. The Balaban J connectivity index is 2.01. The maximum Gasteiger partial charge on any atom is 0.324 e. The van der Waals surface area contributed by atoms with Gasteiger partial charge in [0.1, 0.15) is 0 Å². The van der Waals surface area contributed by atoms with Crippen LogP contribution in [0.5, 0.6) is 0 Å². The van der Waals surface area contributed by atoms with Gasteiger partial charge in [0.2, 0.25) is 5.91 Å². The third-order valence-electron chi connectivity index (χ3n) is 3.52. The van der Waals surface area contributed by atoms with Gasteiger partial charge in [0.15, 0.2) is 0 Å². The lowest BCUT2D eigenvalue weighted by Crippen LogP contribution is -2.46.